The maximum Gasteiger partial charge on any atom is 0.263 e. The summed E-state index contributed by atoms with van der Waals surface area (Å²) in [7, 11) is -7.98. The van der Waals surface area contributed by atoms with E-state index in [1.807, 2.05) is 19.9 Å². The molecule has 0 fully saturated rings. The van der Waals surface area contributed by atoms with Gasteiger partial charge in [-0.25, -0.2) is 16.8 Å². The van der Waals surface area contributed by atoms with Gasteiger partial charge in [-0.15, -0.1) is 0 Å². The first kappa shape index (κ1) is 28.4. The fraction of sp³-hybridized carbons (Fsp3) is 0.0741. The molecule has 3 N–H and O–H groups in total. The van der Waals surface area contributed by atoms with Crippen molar-refractivity contribution in [2.24, 2.45) is 0 Å². The van der Waals surface area contributed by atoms with Crippen LogP contribution in [-0.2, 0) is 20.0 Å². The second-order valence-corrected chi connectivity index (χ2v) is 12.9. The average Bonchev–Trinajstić information content (AvgIpc) is 2.85. The Balaban J connectivity index is 1.50. The molecular weight excluding hydrogens is 581 g/mol. The van der Waals surface area contributed by atoms with Crippen LogP contribution in [0.1, 0.15) is 21.5 Å². The third kappa shape index (κ3) is 7.10. The van der Waals surface area contributed by atoms with Crippen LogP contribution >= 0.6 is 23.2 Å². The Morgan fingerprint density at radius 3 is 1.82 bits per heavy atom. The highest BCUT2D eigenvalue weighted by Gasteiger charge is 2.21. The first-order valence-electron chi connectivity index (χ1n) is 11.4. The molecule has 1 amide bonds. The van der Waals surface area contributed by atoms with Gasteiger partial charge in [0.15, 0.2) is 0 Å². The molecule has 0 spiro atoms. The summed E-state index contributed by atoms with van der Waals surface area (Å²) in [6.07, 6.45) is 0. The summed E-state index contributed by atoms with van der Waals surface area (Å²) in [5.41, 5.74) is 2.83. The van der Waals surface area contributed by atoms with Crippen molar-refractivity contribution in [3.8, 4) is 0 Å². The minimum atomic E-state index is -4.10. The van der Waals surface area contributed by atoms with E-state index in [1.54, 1.807) is 24.3 Å². The summed E-state index contributed by atoms with van der Waals surface area (Å²) < 4.78 is 56.4. The first-order chi connectivity index (χ1) is 18.3. The van der Waals surface area contributed by atoms with Gasteiger partial charge in [-0.3, -0.25) is 14.2 Å². The number of rotatable bonds is 8. The second kappa shape index (κ2) is 11.3. The molecule has 0 unspecified atom stereocenters. The Labute approximate surface area is 237 Å². The molecule has 4 aromatic carbocycles. The molecule has 0 aliphatic carbocycles. The van der Waals surface area contributed by atoms with E-state index in [2.05, 4.69) is 14.8 Å². The highest BCUT2D eigenvalue weighted by molar-refractivity contribution is 7.93. The molecule has 0 aliphatic heterocycles. The Kier molecular flexibility index (Phi) is 8.22. The van der Waals surface area contributed by atoms with Crippen LogP contribution < -0.4 is 14.8 Å². The SMILES string of the molecule is Cc1cc(C)cc(NS(=O)(=O)c2cc(C(=O)Nc3ccc(S(=O)(=O)Nc4ccc(Cl)cc4)cc3)ccc2Cl)c1. The van der Waals surface area contributed by atoms with Crippen LogP contribution in [-0.4, -0.2) is 22.7 Å². The molecular formula is C27H23Cl2N3O5S2. The fourth-order valence-electron chi connectivity index (χ4n) is 3.75. The van der Waals surface area contributed by atoms with Gasteiger partial charge in [-0.2, -0.15) is 0 Å². The van der Waals surface area contributed by atoms with Crippen molar-refractivity contribution in [2.75, 3.05) is 14.8 Å². The zero-order valence-corrected chi connectivity index (χ0v) is 23.8. The smallest absolute Gasteiger partial charge is 0.263 e. The normalized spacial score (nSPS) is 11.6. The fourth-order valence-corrected chi connectivity index (χ4v) is 6.50. The second-order valence-electron chi connectivity index (χ2n) is 8.72. The molecule has 0 bridgehead atoms. The number of hydrogen-bond acceptors (Lipinski definition) is 5. The lowest BCUT2D eigenvalue weighted by Crippen LogP contribution is -2.17. The van der Waals surface area contributed by atoms with Crippen molar-refractivity contribution in [2.45, 2.75) is 23.6 Å². The number of aryl methyl sites for hydroxylation is 2. The van der Waals surface area contributed by atoms with Crippen LogP contribution in [0.15, 0.2) is 94.7 Å². The Hall–Kier alpha value is -3.57. The van der Waals surface area contributed by atoms with Gasteiger partial charge in [-0.05, 0) is 104 Å². The van der Waals surface area contributed by atoms with Crippen LogP contribution in [0.25, 0.3) is 0 Å². The third-order valence-electron chi connectivity index (χ3n) is 5.48. The minimum Gasteiger partial charge on any atom is -0.322 e. The van der Waals surface area contributed by atoms with E-state index in [1.165, 1.54) is 54.6 Å². The largest absolute Gasteiger partial charge is 0.322 e. The van der Waals surface area contributed by atoms with E-state index in [0.29, 0.717) is 22.1 Å². The standard InChI is InChI=1S/C27H23Cl2N3O5S2/c1-17-13-18(2)15-23(14-17)32-39(36,37)26-16-19(3-12-25(26)29)27(33)30-21-8-10-24(11-9-21)38(34,35)31-22-6-4-20(28)5-7-22/h3-16,31-32H,1-2H3,(H,30,33). The molecule has 0 aromatic heterocycles. The average molecular weight is 605 g/mol. The maximum absolute atomic E-state index is 13.1. The number of hydrogen-bond donors (Lipinski definition) is 3. The van der Waals surface area contributed by atoms with E-state index in [9.17, 15) is 21.6 Å². The van der Waals surface area contributed by atoms with Gasteiger partial charge >= 0.3 is 0 Å². The zero-order valence-electron chi connectivity index (χ0n) is 20.7. The summed E-state index contributed by atoms with van der Waals surface area (Å²) in [6, 6.07) is 20.9. The van der Waals surface area contributed by atoms with Crippen molar-refractivity contribution in [1.82, 2.24) is 0 Å². The minimum absolute atomic E-state index is 0.0206. The van der Waals surface area contributed by atoms with Crippen LogP contribution in [0.5, 0.6) is 0 Å². The van der Waals surface area contributed by atoms with Crippen LogP contribution in [0.4, 0.5) is 17.1 Å². The summed E-state index contributed by atoms with van der Waals surface area (Å²) in [4.78, 5) is 12.6. The predicted molar refractivity (Wildman–Crippen MR) is 155 cm³/mol. The third-order valence-corrected chi connectivity index (χ3v) is 8.99. The van der Waals surface area contributed by atoms with Gasteiger partial charge in [0, 0.05) is 27.6 Å². The van der Waals surface area contributed by atoms with Gasteiger partial charge in [0.2, 0.25) is 0 Å². The van der Waals surface area contributed by atoms with E-state index in [0.717, 1.165) is 11.1 Å². The maximum atomic E-state index is 13.1. The zero-order chi connectivity index (χ0) is 28.4. The van der Waals surface area contributed by atoms with Crippen LogP contribution in [0, 0.1) is 13.8 Å². The topological polar surface area (TPSA) is 121 Å². The Morgan fingerprint density at radius 2 is 1.21 bits per heavy atom. The monoisotopic (exact) mass is 603 g/mol. The molecule has 0 saturated carbocycles. The molecule has 0 saturated heterocycles. The van der Waals surface area contributed by atoms with Gasteiger partial charge in [0.05, 0.1) is 9.92 Å². The molecule has 4 aromatic rings. The number of carbonyl (C=O) groups is 1. The first-order valence-corrected chi connectivity index (χ1v) is 15.2. The molecule has 4 rings (SSSR count). The molecule has 0 atom stereocenters. The Bertz CT molecular complexity index is 1740. The number of benzene rings is 4. The van der Waals surface area contributed by atoms with Gasteiger partial charge in [0.25, 0.3) is 26.0 Å². The number of nitrogens with one attached hydrogen (secondary N) is 3. The van der Waals surface area contributed by atoms with E-state index in [-0.39, 0.29) is 20.4 Å². The van der Waals surface area contributed by atoms with Crippen LogP contribution in [0.3, 0.4) is 0 Å². The van der Waals surface area contributed by atoms with Crippen molar-refractivity contribution < 1.29 is 21.6 Å². The quantitative estimate of drug-likeness (QED) is 0.213. The van der Waals surface area contributed by atoms with E-state index in [4.69, 9.17) is 23.2 Å². The van der Waals surface area contributed by atoms with Crippen molar-refractivity contribution in [3.05, 3.63) is 112 Å². The summed E-state index contributed by atoms with van der Waals surface area (Å²) in [5.74, 6) is -0.607. The van der Waals surface area contributed by atoms with Gasteiger partial charge in [-0.1, -0.05) is 29.3 Å². The van der Waals surface area contributed by atoms with Crippen molar-refractivity contribution in [1.29, 1.82) is 0 Å². The molecule has 0 aliphatic rings. The molecule has 12 heteroatoms. The van der Waals surface area contributed by atoms with Gasteiger partial charge in [0.1, 0.15) is 4.90 Å². The lowest BCUT2D eigenvalue weighted by molar-refractivity contribution is 0.102. The van der Waals surface area contributed by atoms with Crippen molar-refractivity contribution in [3.63, 3.8) is 0 Å². The highest BCUT2D eigenvalue weighted by Crippen LogP contribution is 2.27. The van der Waals surface area contributed by atoms with Crippen molar-refractivity contribution >= 4 is 66.2 Å². The lowest BCUT2D eigenvalue weighted by Gasteiger charge is -2.13. The van der Waals surface area contributed by atoms with E-state index >= 15 is 0 Å². The van der Waals surface area contributed by atoms with E-state index < -0.39 is 26.0 Å². The number of sulfonamides is 2. The summed E-state index contributed by atoms with van der Waals surface area (Å²) >= 11 is 12.0. The molecule has 0 heterocycles. The molecule has 202 valence electrons. The van der Waals surface area contributed by atoms with Crippen LogP contribution in [0.2, 0.25) is 10.0 Å². The highest BCUT2D eigenvalue weighted by atomic mass is 35.5. The molecule has 0 radical (unpaired) electrons. The number of amides is 1. The molecule has 39 heavy (non-hydrogen) atoms. The van der Waals surface area contributed by atoms with Gasteiger partial charge < -0.3 is 5.32 Å². The number of anilines is 3. The number of carbonyl (C=O) groups excluding carboxylic acids is 1. The predicted octanol–water partition coefficient (Wildman–Crippen LogP) is 6.46. The molecule has 8 nitrogen and oxygen atoms in total. The lowest BCUT2D eigenvalue weighted by atomic mass is 10.1. The number of halogens is 2. The Morgan fingerprint density at radius 1 is 0.641 bits per heavy atom. The summed E-state index contributed by atoms with van der Waals surface area (Å²) in [6.45, 7) is 3.70. The summed E-state index contributed by atoms with van der Waals surface area (Å²) in [5, 5.41) is 3.05.